The largest absolute Gasteiger partial charge is 0.335 e. The molecule has 0 saturated heterocycles. The quantitative estimate of drug-likeness (QED) is 0.912. The number of carbonyl (C=O) groups is 2. The normalized spacial score (nSPS) is 15.8. The molecule has 6 nitrogen and oxygen atoms in total. The number of benzene rings is 1. The van der Waals surface area contributed by atoms with Crippen LogP contribution in [0.5, 0.6) is 0 Å². The minimum absolute atomic E-state index is 0.0681. The molecule has 0 bridgehead atoms. The zero-order valence-corrected chi connectivity index (χ0v) is 13.2. The molecule has 2 aromatic rings. The van der Waals surface area contributed by atoms with E-state index in [-0.39, 0.29) is 11.9 Å². The summed E-state index contributed by atoms with van der Waals surface area (Å²) in [7, 11) is 0. The molecular weight excluding hydrogens is 304 g/mol. The molecule has 0 radical (unpaired) electrons. The number of carbonyl (C=O) groups excluding carboxylic acids is 2. The van der Waals surface area contributed by atoms with Gasteiger partial charge in [-0.3, -0.25) is 9.78 Å². The van der Waals surface area contributed by atoms with E-state index in [1.807, 2.05) is 18.2 Å². The highest BCUT2D eigenvalue weighted by Crippen LogP contribution is 2.32. The van der Waals surface area contributed by atoms with Crippen LogP contribution in [0.3, 0.4) is 0 Å². The Bertz CT molecular complexity index is 787. The molecule has 2 N–H and O–H groups in total. The second-order valence-electron chi connectivity index (χ2n) is 6.16. The number of urea groups is 1. The lowest BCUT2D eigenvalue weighted by atomic mass is 10.1. The van der Waals surface area contributed by atoms with Crippen LogP contribution in [-0.4, -0.2) is 29.5 Å². The van der Waals surface area contributed by atoms with Crippen molar-refractivity contribution >= 4 is 23.3 Å². The van der Waals surface area contributed by atoms with Crippen LogP contribution < -0.4 is 15.5 Å². The van der Waals surface area contributed by atoms with Gasteiger partial charge in [0.2, 0.25) is 0 Å². The second-order valence-corrected chi connectivity index (χ2v) is 6.16. The SMILES string of the molecule is O=C(Nc1ccc2c(c1)N(C(=O)c1cccnc1)CC2)NC1CC1. The first-order valence-corrected chi connectivity index (χ1v) is 8.13. The molecule has 3 amide bonds. The minimum atomic E-state index is -0.194. The molecular formula is C18H18N4O2. The summed E-state index contributed by atoms with van der Waals surface area (Å²) in [5.74, 6) is -0.0681. The van der Waals surface area contributed by atoms with Crippen molar-refractivity contribution in [2.45, 2.75) is 25.3 Å². The maximum absolute atomic E-state index is 12.7. The molecule has 0 unspecified atom stereocenters. The van der Waals surface area contributed by atoms with Crippen molar-refractivity contribution in [1.29, 1.82) is 0 Å². The smallest absolute Gasteiger partial charge is 0.319 e. The summed E-state index contributed by atoms with van der Waals surface area (Å²) in [6.45, 7) is 0.640. The van der Waals surface area contributed by atoms with Crippen LogP contribution in [-0.2, 0) is 6.42 Å². The zero-order chi connectivity index (χ0) is 16.5. The van der Waals surface area contributed by atoms with Crippen molar-refractivity contribution < 1.29 is 9.59 Å². The Morgan fingerprint density at radius 3 is 2.83 bits per heavy atom. The Hall–Kier alpha value is -2.89. The lowest BCUT2D eigenvalue weighted by Crippen LogP contribution is -2.31. The van der Waals surface area contributed by atoms with Crippen molar-refractivity contribution in [3.8, 4) is 0 Å². The first-order valence-electron chi connectivity index (χ1n) is 8.13. The molecule has 2 heterocycles. The number of fused-ring (bicyclic) bond motifs is 1. The number of hydrogen-bond acceptors (Lipinski definition) is 3. The molecule has 122 valence electrons. The van der Waals surface area contributed by atoms with Crippen molar-refractivity contribution in [2.75, 3.05) is 16.8 Å². The molecule has 6 heteroatoms. The van der Waals surface area contributed by atoms with E-state index >= 15 is 0 Å². The topological polar surface area (TPSA) is 74.3 Å². The Labute approximate surface area is 139 Å². The number of nitrogens with zero attached hydrogens (tertiary/aromatic N) is 2. The van der Waals surface area contributed by atoms with E-state index in [0.717, 1.165) is 30.5 Å². The van der Waals surface area contributed by atoms with Gasteiger partial charge in [-0.25, -0.2) is 4.79 Å². The average Bonchev–Trinajstić information content (AvgIpc) is 3.31. The summed E-state index contributed by atoms with van der Waals surface area (Å²) in [6, 6.07) is 9.34. The van der Waals surface area contributed by atoms with Gasteiger partial charge in [-0.05, 0) is 49.1 Å². The third-order valence-electron chi connectivity index (χ3n) is 4.30. The molecule has 0 spiro atoms. The Kier molecular flexibility index (Phi) is 3.65. The third-order valence-corrected chi connectivity index (χ3v) is 4.30. The van der Waals surface area contributed by atoms with Gasteiger partial charge in [0.1, 0.15) is 0 Å². The van der Waals surface area contributed by atoms with E-state index in [9.17, 15) is 9.59 Å². The number of pyridine rings is 1. The summed E-state index contributed by atoms with van der Waals surface area (Å²) in [5, 5.41) is 5.73. The van der Waals surface area contributed by atoms with Crippen molar-refractivity contribution in [1.82, 2.24) is 10.3 Å². The van der Waals surface area contributed by atoms with E-state index in [1.54, 1.807) is 29.4 Å². The maximum Gasteiger partial charge on any atom is 0.319 e. The van der Waals surface area contributed by atoms with Crippen LogP contribution in [0.4, 0.5) is 16.2 Å². The molecule has 1 fully saturated rings. The van der Waals surface area contributed by atoms with Gasteiger partial charge in [0.15, 0.2) is 0 Å². The van der Waals surface area contributed by atoms with Gasteiger partial charge in [0, 0.05) is 36.4 Å². The van der Waals surface area contributed by atoms with Crippen molar-refractivity contribution in [2.24, 2.45) is 0 Å². The molecule has 1 aromatic heterocycles. The van der Waals surface area contributed by atoms with Gasteiger partial charge in [-0.2, -0.15) is 0 Å². The van der Waals surface area contributed by atoms with Crippen LogP contribution >= 0.6 is 0 Å². The van der Waals surface area contributed by atoms with Gasteiger partial charge in [-0.1, -0.05) is 6.07 Å². The first-order chi connectivity index (χ1) is 11.7. The number of hydrogen-bond donors (Lipinski definition) is 2. The lowest BCUT2D eigenvalue weighted by molar-refractivity contribution is 0.0989. The second kappa shape index (κ2) is 5.96. The zero-order valence-electron chi connectivity index (χ0n) is 13.2. The molecule has 1 saturated carbocycles. The molecule has 4 rings (SSSR count). The van der Waals surface area contributed by atoms with E-state index in [0.29, 0.717) is 23.8 Å². The Morgan fingerprint density at radius 1 is 1.21 bits per heavy atom. The van der Waals surface area contributed by atoms with Crippen LogP contribution in [0, 0.1) is 0 Å². The van der Waals surface area contributed by atoms with E-state index in [4.69, 9.17) is 0 Å². The number of nitrogens with one attached hydrogen (secondary N) is 2. The highest BCUT2D eigenvalue weighted by molar-refractivity contribution is 6.07. The Balaban J connectivity index is 1.54. The molecule has 24 heavy (non-hydrogen) atoms. The number of anilines is 2. The summed E-state index contributed by atoms with van der Waals surface area (Å²) < 4.78 is 0. The fourth-order valence-corrected chi connectivity index (χ4v) is 2.89. The molecule has 2 aliphatic rings. The molecule has 1 aliphatic carbocycles. The minimum Gasteiger partial charge on any atom is -0.335 e. The third kappa shape index (κ3) is 2.95. The van der Waals surface area contributed by atoms with Gasteiger partial charge >= 0.3 is 6.03 Å². The predicted octanol–water partition coefficient (Wildman–Crippen LogP) is 2.57. The highest BCUT2D eigenvalue weighted by atomic mass is 16.2. The van der Waals surface area contributed by atoms with Gasteiger partial charge in [-0.15, -0.1) is 0 Å². The van der Waals surface area contributed by atoms with Crippen LogP contribution in [0.15, 0.2) is 42.7 Å². The van der Waals surface area contributed by atoms with Gasteiger partial charge in [0.05, 0.1) is 5.56 Å². The first kappa shape index (κ1) is 14.7. The predicted molar refractivity (Wildman–Crippen MR) is 91.2 cm³/mol. The molecule has 1 aliphatic heterocycles. The summed E-state index contributed by atoms with van der Waals surface area (Å²) in [5.41, 5.74) is 3.22. The Morgan fingerprint density at radius 2 is 2.08 bits per heavy atom. The average molecular weight is 322 g/mol. The molecule has 0 atom stereocenters. The maximum atomic E-state index is 12.7. The number of aromatic nitrogens is 1. The van der Waals surface area contributed by atoms with Gasteiger partial charge < -0.3 is 15.5 Å². The summed E-state index contributed by atoms with van der Waals surface area (Å²) >= 11 is 0. The van der Waals surface area contributed by atoms with Crippen LogP contribution in [0.1, 0.15) is 28.8 Å². The number of rotatable bonds is 3. The fraction of sp³-hybridized carbons (Fsp3) is 0.278. The van der Waals surface area contributed by atoms with E-state index in [2.05, 4.69) is 15.6 Å². The van der Waals surface area contributed by atoms with Crippen molar-refractivity contribution in [3.63, 3.8) is 0 Å². The standard InChI is InChI=1S/C18H18N4O2/c23-17(13-2-1-8-19-11-13)22-9-7-12-3-4-15(10-16(12)22)21-18(24)20-14-5-6-14/h1-4,8,10-11,14H,5-7,9H2,(H2,20,21,24). The van der Waals surface area contributed by atoms with Crippen molar-refractivity contribution in [3.05, 3.63) is 53.9 Å². The van der Waals surface area contributed by atoms with Crippen LogP contribution in [0.2, 0.25) is 0 Å². The fourth-order valence-electron chi connectivity index (χ4n) is 2.89. The lowest BCUT2D eigenvalue weighted by Gasteiger charge is -2.18. The molecule has 1 aromatic carbocycles. The van der Waals surface area contributed by atoms with Gasteiger partial charge in [0.25, 0.3) is 5.91 Å². The van der Waals surface area contributed by atoms with E-state index in [1.165, 1.54) is 0 Å². The highest BCUT2D eigenvalue weighted by Gasteiger charge is 2.27. The summed E-state index contributed by atoms with van der Waals surface area (Å²) in [4.78, 5) is 30.3. The van der Waals surface area contributed by atoms with E-state index < -0.39 is 0 Å². The summed E-state index contributed by atoms with van der Waals surface area (Å²) in [6.07, 6.45) is 6.13. The number of amides is 3. The van der Waals surface area contributed by atoms with Crippen LogP contribution in [0.25, 0.3) is 0 Å². The monoisotopic (exact) mass is 322 g/mol.